The molecule has 0 aromatic heterocycles. The fourth-order valence-electron chi connectivity index (χ4n) is 2.46. The van der Waals surface area contributed by atoms with Crippen LogP contribution in [0.4, 0.5) is 0 Å². The smallest absolute Gasteiger partial charge is 0.390 e. The summed E-state index contributed by atoms with van der Waals surface area (Å²) in [7, 11) is 5.85. The van der Waals surface area contributed by atoms with E-state index >= 15 is 0 Å². The third-order valence-corrected chi connectivity index (χ3v) is 8.12. The fraction of sp³-hybridized carbons (Fsp3) is 0.789. The number of quaternary nitrogens is 1. The van der Waals surface area contributed by atoms with Crippen molar-refractivity contribution in [2.45, 2.75) is 33.3 Å². The van der Waals surface area contributed by atoms with Gasteiger partial charge in [-0.2, -0.15) is 0 Å². The van der Waals surface area contributed by atoms with Crippen LogP contribution in [-0.4, -0.2) is 93.9 Å². The third kappa shape index (κ3) is 10.4. The lowest BCUT2D eigenvalue weighted by molar-refractivity contribution is -0.870. The van der Waals surface area contributed by atoms with Gasteiger partial charge in [0.25, 0.3) is 0 Å². The average molecular weight is 497 g/mol. The van der Waals surface area contributed by atoms with Crippen molar-refractivity contribution in [1.82, 2.24) is 10.6 Å². The van der Waals surface area contributed by atoms with Crippen molar-refractivity contribution < 1.29 is 42.0 Å². The van der Waals surface area contributed by atoms with Gasteiger partial charge in [0, 0.05) is 37.6 Å². The molecule has 0 spiro atoms. The number of hydrogen-bond donors (Lipinski definition) is 2. The molecule has 2 atom stereocenters. The van der Waals surface area contributed by atoms with Gasteiger partial charge in [-0.25, -0.2) is 9.36 Å². The van der Waals surface area contributed by atoms with E-state index in [0.717, 1.165) is 18.3 Å². The topological polar surface area (TPSA) is 137 Å². The molecule has 1 heterocycles. The van der Waals surface area contributed by atoms with E-state index < -0.39 is 36.0 Å². The summed E-state index contributed by atoms with van der Waals surface area (Å²) in [5, 5.41) is 5.28. The third-order valence-electron chi connectivity index (χ3n) is 4.38. The molecule has 0 saturated carbocycles. The molecule has 0 aromatic carbocycles. The van der Waals surface area contributed by atoms with Crippen molar-refractivity contribution >= 4 is 41.7 Å². The van der Waals surface area contributed by atoms with Crippen LogP contribution in [0.5, 0.6) is 0 Å². The van der Waals surface area contributed by atoms with Crippen LogP contribution in [0.3, 0.4) is 0 Å². The van der Waals surface area contributed by atoms with Crippen LogP contribution < -0.4 is 10.6 Å². The standard InChI is InChI=1S/C19H34N3O8PS/c1-14(23)18(26)28-13-19(2,3)16-17(25)21-8-7-15(24)20-9-12-32-31(27,30-16)29-11-10-22(4,5)6/h16H,7-13H2,1-6H3,(H-,20,21,24,25)/p+1/t16-,31?/m0/s1. The number of Topliss-reactive ketones (excluding diaryl/α,β-unsaturated/α-hetero) is 1. The van der Waals surface area contributed by atoms with Gasteiger partial charge in [0.05, 0.1) is 27.7 Å². The maximum atomic E-state index is 13.5. The Hall–Kier alpha value is -1.46. The number of ether oxygens (including phenoxy) is 1. The van der Waals surface area contributed by atoms with Gasteiger partial charge < -0.3 is 19.9 Å². The quantitative estimate of drug-likeness (QED) is 0.216. The molecule has 13 heteroatoms. The zero-order valence-electron chi connectivity index (χ0n) is 19.6. The summed E-state index contributed by atoms with van der Waals surface area (Å²) in [6.07, 6.45) is -1.26. The Kier molecular flexibility index (Phi) is 10.8. The summed E-state index contributed by atoms with van der Waals surface area (Å²) in [5.74, 6) is -2.44. The summed E-state index contributed by atoms with van der Waals surface area (Å²) in [4.78, 5) is 47.6. The zero-order chi connectivity index (χ0) is 24.6. The zero-order valence-corrected chi connectivity index (χ0v) is 21.3. The molecule has 184 valence electrons. The summed E-state index contributed by atoms with van der Waals surface area (Å²) in [6, 6.07) is 0. The number of rotatable bonds is 8. The van der Waals surface area contributed by atoms with Crippen molar-refractivity contribution in [1.29, 1.82) is 0 Å². The number of carbonyl (C=O) groups is 4. The van der Waals surface area contributed by atoms with Crippen molar-refractivity contribution in [3.63, 3.8) is 0 Å². The predicted octanol–water partition coefficient (Wildman–Crippen LogP) is 0.730. The molecule has 2 amide bonds. The van der Waals surface area contributed by atoms with Crippen LogP contribution in [0.25, 0.3) is 0 Å². The van der Waals surface area contributed by atoms with E-state index in [1.54, 1.807) is 13.8 Å². The maximum absolute atomic E-state index is 13.5. The maximum Gasteiger partial charge on any atom is 0.390 e. The molecule has 1 saturated heterocycles. The average Bonchev–Trinajstić information content (AvgIpc) is 2.65. The number of esters is 1. The number of amides is 2. The van der Waals surface area contributed by atoms with E-state index in [9.17, 15) is 23.7 Å². The molecule has 0 bridgehead atoms. The first-order chi connectivity index (χ1) is 14.7. The molecule has 1 aliphatic heterocycles. The van der Waals surface area contributed by atoms with Crippen LogP contribution >= 0.6 is 18.2 Å². The van der Waals surface area contributed by atoms with Gasteiger partial charge in [0.2, 0.25) is 17.6 Å². The lowest BCUT2D eigenvalue weighted by Gasteiger charge is -2.34. The van der Waals surface area contributed by atoms with Crippen molar-refractivity contribution in [3.05, 3.63) is 0 Å². The van der Waals surface area contributed by atoms with E-state index in [0.29, 0.717) is 11.0 Å². The summed E-state index contributed by atoms with van der Waals surface area (Å²) in [6.45, 7) is 1.05. The van der Waals surface area contributed by atoms with Gasteiger partial charge in [-0.05, 0) is 11.4 Å². The van der Waals surface area contributed by atoms with Crippen LogP contribution in [0.1, 0.15) is 27.2 Å². The first-order valence-electron chi connectivity index (χ1n) is 10.3. The largest absolute Gasteiger partial charge is 0.459 e. The predicted molar refractivity (Wildman–Crippen MR) is 120 cm³/mol. The highest BCUT2D eigenvalue weighted by Crippen LogP contribution is 2.62. The summed E-state index contributed by atoms with van der Waals surface area (Å²) >= 11 is 0.890. The van der Waals surface area contributed by atoms with Crippen LogP contribution in [-0.2, 0) is 37.5 Å². The van der Waals surface area contributed by atoms with E-state index in [1.165, 1.54) is 0 Å². The highest BCUT2D eigenvalue weighted by atomic mass is 32.7. The van der Waals surface area contributed by atoms with E-state index in [2.05, 4.69) is 10.6 Å². The van der Waals surface area contributed by atoms with Crippen LogP contribution in [0.2, 0.25) is 0 Å². The van der Waals surface area contributed by atoms with Gasteiger partial charge in [0.1, 0.15) is 13.2 Å². The summed E-state index contributed by atoms with van der Waals surface area (Å²) in [5.41, 5.74) is -1.15. The van der Waals surface area contributed by atoms with E-state index in [1.807, 2.05) is 21.1 Å². The normalized spacial score (nSPS) is 23.9. The molecule has 0 aromatic rings. The Balaban J connectivity index is 3.13. The minimum atomic E-state index is -3.84. The summed E-state index contributed by atoms with van der Waals surface area (Å²) < 4.78 is 30.6. The highest BCUT2D eigenvalue weighted by Gasteiger charge is 2.44. The van der Waals surface area contributed by atoms with E-state index in [-0.39, 0.29) is 44.4 Å². The first-order valence-corrected chi connectivity index (χ1v) is 13.4. The number of nitrogens with one attached hydrogen (secondary N) is 2. The Morgan fingerprint density at radius 2 is 1.88 bits per heavy atom. The number of hydrogen-bond acceptors (Lipinski definition) is 9. The SMILES string of the molecule is CC(=O)C(=O)OCC(C)(C)[C@H]1OP(=O)(OCC[N+](C)(C)C)SCCNC(=O)CCNC1=O. The molecule has 2 N–H and O–H groups in total. The second-order valence-electron chi connectivity index (χ2n) is 9.12. The molecule has 1 rings (SSSR count). The van der Waals surface area contributed by atoms with Gasteiger partial charge in [-0.15, -0.1) is 0 Å². The lowest BCUT2D eigenvalue weighted by atomic mass is 9.87. The Morgan fingerprint density at radius 3 is 2.47 bits per heavy atom. The fourth-order valence-corrected chi connectivity index (χ4v) is 5.85. The molecule has 1 aliphatic rings. The number of carbonyl (C=O) groups excluding carboxylic acids is 4. The van der Waals surface area contributed by atoms with Crippen molar-refractivity contribution in [2.24, 2.45) is 5.41 Å². The second kappa shape index (κ2) is 12.1. The van der Waals surface area contributed by atoms with Gasteiger partial charge in [0.15, 0.2) is 6.10 Å². The molecule has 1 unspecified atom stereocenters. The van der Waals surface area contributed by atoms with Crippen molar-refractivity contribution in [2.75, 3.05) is 59.7 Å². The van der Waals surface area contributed by atoms with Gasteiger partial charge >= 0.3 is 12.8 Å². The van der Waals surface area contributed by atoms with E-state index in [4.69, 9.17) is 13.8 Å². The molecular weight excluding hydrogens is 461 g/mol. The molecule has 0 aliphatic carbocycles. The molecular formula is C19H35N3O8PS+. The molecule has 11 nitrogen and oxygen atoms in total. The molecule has 0 radical (unpaired) electrons. The molecule has 32 heavy (non-hydrogen) atoms. The van der Waals surface area contributed by atoms with Crippen molar-refractivity contribution in [3.8, 4) is 0 Å². The number of likely N-dealkylation sites (N-methyl/N-ethyl adjacent to an activating group) is 1. The minimum absolute atomic E-state index is 0.0493. The van der Waals surface area contributed by atoms with Crippen LogP contribution in [0.15, 0.2) is 0 Å². The monoisotopic (exact) mass is 496 g/mol. The number of nitrogens with zero attached hydrogens (tertiary/aromatic N) is 1. The first kappa shape index (κ1) is 28.6. The van der Waals surface area contributed by atoms with Crippen LogP contribution in [0, 0.1) is 5.41 Å². The Labute approximate surface area is 193 Å². The Morgan fingerprint density at radius 1 is 1.22 bits per heavy atom. The van der Waals surface area contributed by atoms with Gasteiger partial charge in [-0.1, -0.05) is 13.8 Å². The second-order valence-corrected chi connectivity index (χ2v) is 13.3. The Bertz CT molecular complexity index is 753. The van der Waals surface area contributed by atoms with Gasteiger partial charge in [-0.3, -0.25) is 23.4 Å². The highest BCUT2D eigenvalue weighted by molar-refractivity contribution is 8.55. The minimum Gasteiger partial charge on any atom is -0.459 e. The molecule has 1 fully saturated rings. The lowest BCUT2D eigenvalue weighted by Crippen LogP contribution is -2.48. The number of ketones is 1.